The number of aromatic nitrogens is 2. The molecule has 4 rings (SSSR count). The predicted molar refractivity (Wildman–Crippen MR) is 170 cm³/mol. The minimum absolute atomic E-state index is 0.0271. The molecule has 2 aliphatic rings. The third kappa shape index (κ3) is 9.72. The maximum Gasteiger partial charge on any atom is 0.508 e. The van der Waals surface area contributed by atoms with E-state index in [1.165, 1.54) is 30.0 Å². The SMILES string of the molecule is COP(O)(=S)OC1[C@@H](COC(=O)OCc2ccccc2)O[C@@H](n2ccc(=O)[nH]c2=O)[C@H]1CCCNC(=S)CCN1C(=O)C=CC1=O. The van der Waals surface area contributed by atoms with Gasteiger partial charge < -0.3 is 33.5 Å². The summed E-state index contributed by atoms with van der Waals surface area (Å²) in [6, 6.07) is 10.1. The molecule has 15 nitrogen and oxygen atoms in total. The molecule has 0 radical (unpaired) electrons. The average molecular weight is 697 g/mol. The highest BCUT2D eigenvalue weighted by Gasteiger charge is 2.49. The van der Waals surface area contributed by atoms with Crippen molar-refractivity contribution in [2.75, 3.05) is 26.8 Å². The summed E-state index contributed by atoms with van der Waals surface area (Å²) < 4.78 is 28.6. The first-order valence-corrected chi connectivity index (χ1v) is 17.1. The molecular weight excluding hydrogens is 663 g/mol. The summed E-state index contributed by atoms with van der Waals surface area (Å²) in [5, 5.41) is 3.08. The van der Waals surface area contributed by atoms with Crippen LogP contribution in [0, 0.1) is 5.92 Å². The van der Waals surface area contributed by atoms with E-state index in [0.29, 0.717) is 24.4 Å². The standard InChI is InChI=1S/C28H33N4O11PS2/c1-39-44(38,46)43-25-19(8-5-13-29-22(45)12-15-31-23(34)9-10-24(31)35)26(32-14-11-21(33)30-27(32)36)42-20(25)17-41-28(37)40-16-18-6-3-2-4-7-18/h2-4,6-7,9-11,14,19-20,25-26H,5,8,12-13,15-17H2,1H3,(H,29,45)(H,38,46)(H,30,33,36)/t19-,20+,25?,26+,44?/m0/s1. The van der Waals surface area contributed by atoms with Gasteiger partial charge in [-0.2, -0.15) is 0 Å². The van der Waals surface area contributed by atoms with E-state index in [4.69, 9.17) is 47.3 Å². The molecule has 2 aromatic rings. The number of amides is 2. The smallest absolute Gasteiger partial charge is 0.431 e. The largest absolute Gasteiger partial charge is 0.508 e. The number of benzene rings is 1. The number of rotatable bonds is 15. The lowest BCUT2D eigenvalue weighted by molar-refractivity contribution is -0.136. The topological polar surface area (TPSA) is 188 Å². The highest BCUT2D eigenvalue weighted by atomic mass is 32.5. The van der Waals surface area contributed by atoms with Crippen LogP contribution in [0.5, 0.6) is 0 Å². The molecule has 1 fully saturated rings. The Morgan fingerprint density at radius 1 is 1.11 bits per heavy atom. The minimum Gasteiger partial charge on any atom is -0.431 e. The molecule has 3 heterocycles. The Labute approximate surface area is 273 Å². The molecule has 1 saturated heterocycles. The van der Waals surface area contributed by atoms with Crippen LogP contribution < -0.4 is 16.6 Å². The van der Waals surface area contributed by atoms with Crippen LogP contribution in [0.3, 0.4) is 0 Å². The lowest BCUT2D eigenvalue weighted by Crippen LogP contribution is -2.36. The van der Waals surface area contributed by atoms with Crippen molar-refractivity contribution in [1.82, 2.24) is 19.8 Å². The van der Waals surface area contributed by atoms with Gasteiger partial charge in [-0.3, -0.25) is 28.8 Å². The molecule has 2 amide bonds. The van der Waals surface area contributed by atoms with Crippen molar-refractivity contribution in [1.29, 1.82) is 0 Å². The monoisotopic (exact) mass is 696 g/mol. The quantitative estimate of drug-likeness (QED) is 0.0802. The molecule has 1 aromatic heterocycles. The van der Waals surface area contributed by atoms with E-state index >= 15 is 0 Å². The molecule has 0 bridgehead atoms. The molecule has 0 aliphatic carbocycles. The lowest BCUT2D eigenvalue weighted by atomic mass is 9.94. The fourth-order valence-electron chi connectivity index (χ4n) is 4.91. The zero-order valence-corrected chi connectivity index (χ0v) is 27.2. The van der Waals surface area contributed by atoms with Crippen molar-refractivity contribution in [2.45, 2.75) is 44.3 Å². The summed E-state index contributed by atoms with van der Waals surface area (Å²) in [6.07, 6.45) is 0.645. The molecule has 2 unspecified atom stereocenters. The molecule has 18 heteroatoms. The van der Waals surface area contributed by atoms with Crippen molar-refractivity contribution in [3.05, 3.63) is 81.1 Å². The van der Waals surface area contributed by atoms with Crippen LogP contribution in [0.1, 0.15) is 31.1 Å². The number of carbonyl (C=O) groups is 3. The first-order valence-electron chi connectivity index (χ1n) is 14.1. The number of hydrogen-bond donors (Lipinski definition) is 3. The van der Waals surface area contributed by atoms with Gasteiger partial charge in [0.2, 0.25) is 0 Å². The number of aromatic amines is 1. The summed E-state index contributed by atoms with van der Waals surface area (Å²) in [4.78, 5) is 74.8. The first-order chi connectivity index (χ1) is 22.0. The van der Waals surface area contributed by atoms with Crippen LogP contribution in [-0.2, 0) is 51.3 Å². The Morgan fingerprint density at radius 2 is 1.83 bits per heavy atom. The second-order valence-corrected chi connectivity index (χ2v) is 13.6. The zero-order valence-electron chi connectivity index (χ0n) is 24.6. The Kier molecular flexibility index (Phi) is 12.5. The van der Waals surface area contributed by atoms with Gasteiger partial charge in [0.25, 0.3) is 17.4 Å². The highest BCUT2D eigenvalue weighted by molar-refractivity contribution is 8.07. The molecule has 0 spiro atoms. The van der Waals surface area contributed by atoms with Crippen LogP contribution in [0.4, 0.5) is 4.79 Å². The second-order valence-electron chi connectivity index (χ2n) is 10.2. The average Bonchev–Trinajstić information content (AvgIpc) is 3.53. The number of H-pyrrole nitrogens is 1. The van der Waals surface area contributed by atoms with Crippen LogP contribution in [0.25, 0.3) is 0 Å². The maximum absolute atomic E-state index is 12.8. The molecular formula is C28H33N4O11PS2. The number of nitrogens with zero attached hydrogens (tertiary/aromatic N) is 2. The first kappa shape index (κ1) is 35.3. The number of thiocarbonyl (C=S) groups is 1. The van der Waals surface area contributed by atoms with Gasteiger partial charge in [0.1, 0.15) is 31.6 Å². The molecule has 5 atom stereocenters. The number of carbonyl (C=O) groups excluding carboxylic acids is 3. The van der Waals surface area contributed by atoms with Crippen molar-refractivity contribution in [3.63, 3.8) is 0 Å². The van der Waals surface area contributed by atoms with Crippen molar-refractivity contribution < 1.29 is 42.5 Å². The second kappa shape index (κ2) is 16.3. The van der Waals surface area contributed by atoms with Crippen LogP contribution in [-0.4, -0.2) is 81.3 Å². The fraction of sp³-hybridized carbons (Fsp3) is 0.429. The van der Waals surface area contributed by atoms with Gasteiger partial charge in [-0.15, -0.1) is 0 Å². The normalized spacial score (nSPS) is 22.1. The minimum atomic E-state index is -3.78. The van der Waals surface area contributed by atoms with Crippen molar-refractivity contribution >= 4 is 53.7 Å². The van der Waals surface area contributed by atoms with Crippen LogP contribution >= 0.6 is 18.9 Å². The Morgan fingerprint density at radius 3 is 2.50 bits per heavy atom. The van der Waals surface area contributed by atoms with Gasteiger partial charge >= 0.3 is 18.6 Å². The summed E-state index contributed by atoms with van der Waals surface area (Å²) in [7, 11) is 1.19. The van der Waals surface area contributed by atoms with Crippen LogP contribution in [0.15, 0.2) is 64.3 Å². The van der Waals surface area contributed by atoms with E-state index < -0.39 is 60.3 Å². The zero-order chi connectivity index (χ0) is 33.3. The molecule has 2 aliphatic heterocycles. The summed E-state index contributed by atoms with van der Waals surface area (Å²) >= 11 is 10.5. The van der Waals surface area contributed by atoms with E-state index in [1.54, 1.807) is 24.3 Å². The Hall–Kier alpha value is -3.57. The third-order valence-electron chi connectivity index (χ3n) is 7.14. The van der Waals surface area contributed by atoms with E-state index in [-0.39, 0.29) is 26.2 Å². The number of hydrogen-bond acceptors (Lipinski definition) is 12. The highest BCUT2D eigenvalue weighted by Crippen LogP contribution is 2.50. The Balaban J connectivity index is 1.44. The lowest BCUT2D eigenvalue weighted by Gasteiger charge is -2.27. The number of nitrogens with one attached hydrogen (secondary N) is 2. The fourth-order valence-corrected chi connectivity index (χ4v) is 6.08. The van der Waals surface area contributed by atoms with Gasteiger partial charge in [0.15, 0.2) is 0 Å². The summed E-state index contributed by atoms with van der Waals surface area (Å²) in [5.41, 5.74) is -0.611. The predicted octanol–water partition coefficient (Wildman–Crippen LogP) is 1.66. The van der Waals surface area contributed by atoms with Crippen molar-refractivity contribution in [3.8, 4) is 0 Å². The molecule has 46 heavy (non-hydrogen) atoms. The summed E-state index contributed by atoms with van der Waals surface area (Å²) in [5.74, 6) is -1.46. The van der Waals surface area contributed by atoms with Crippen molar-refractivity contribution in [2.24, 2.45) is 5.92 Å². The van der Waals surface area contributed by atoms with Gasteiger partial charge in [-0.25, -0.2) is 9.59 Å². The van der Waals surface area contributed by atoms with Gasteiger partial charge in [-0.1, -0.05) is 42.5 Å². The molecule has 248 valence electrons. The molecule has 0 saturated carbocycles. The van der Waals surface area contributed by atoms with Gasteiger partial charge in [0.05, 0.1) is 4.99 Å². The van der Waals surface area contributed by atoms with Gasteiger partial charge in [0, 0.05) is 57.0 Å². The van der Waals surface area contributed by atoms with Gasteiger partial charge in [-0.05, 0) is 30.2 Å². The van der Waals surface area contributed by atoms with E-state index in [1.807, 2.05) is 6.07 Å². The number of ether oxygens (including phenoxy) is 3. The Bertz CT molecular complexity index is 1600. The van der Waals surface area contributed by atoms with E-state index in [9.17, 15) is 28.9 Å². The van der Waals surface area contributed by atoms with E-state index in [0.717, 1.165) is 16.5 Å². The van der Waals surface area contributed by atoms with Crippen LogP contribution in [0.2, 0.25) is 0 Å². The third-order valence-corrected chi connectivity index (χ3v) is 9.17. The molecule has 3 N–H and O–H groups in total. The number of imide groups is 1. The summed E-state index contributed by atoms with van der Waals surface area (Å²) in [6.45, 7) is -3.70. The molecule has 1 aromatic carbocycles. The van der Waals surface area contributed by atoms with E-state index in [2.05, 4.69) is 10.3 Å². The maximum atomic E-state index is 12.8.